The van der Waals surface area contributed by atoms with Crippen LogP contribution < -0.4 is 9.47 Å². The van der Waals surface area contributed by atoms with Crippen LogP contribution in [-0.4, -0.2) is 93.1 Å². The lowest BCUT2D eigenvalue weighted by atomic mass is 9.90. The maximum Gasteiger partial charge on any atom is 0.311 e. The lowest BCUT2D eigenvalue weighted by molar-refractivity contribution is -0.138. The van der Waals surface area contributed by atoms with Crippen molar-refractivity contribution < 1.29 is 23.5 Å². The van der Waals surface area contributed by atoms with E-state index in [1.54, 1.807) is 37.5 Å². The first kappa shape index (κ1) is 44.8. The number of amides is 2. The zero-order valence-corrected chi connectivity index (χ0v) is 35.8. The fraction of sp³-hybridized carbons (Fsp3) is 0.360. The minimum Gasteiger partial charge on any atom is -0.496 e. The highest BCUT2D eigenvalue weighted by atomic mass is 35.5. The molecule has 61 heavy (non-hydrogen) atoms. The average molecular weight is 843 g/mol. The molecule has 0 spiro atoms. The first-order valence-corrected chi connectivity index (χ1v) is 21.4. The third-order valence-corrected chi connectivity index (χ3v) is 11.8. The smallest absolute Gasteiger partial charge is 0.311 e. The molecule has 0 atom stereocenters. The van der Waals surface area contributed by atoms with Gasteiger partial charge in [0.25, 0.3) is 18.4 Å². The molecule has 9 nitrogen and oxygen atoms in total. The Bertz CT molecular complexity index is 2260. The molecular weight excluding hydrogens is 789 g/mol. The zero-order valence-electron chi connectivity index (χ0n) is 35.1. The number of carbonyl (C=O) groups is 2. The summed E-state index contributed by atoms with van der Waals surface area (Å²) >= 11 is 6.06. The fourth-order valence-electron chi connectivity index (χ4n) is 8.02. The van der Waals surface area contributed by atoms with Gasteiger partial charge in [0.15, 0.2) is 0 Å². The van der Waals surface area contributed by atoms with Gasteiger partial charge in [-0.3, -0.25) is 19.4 Å². The minimum absolute atomic E-state index is 0.183. The lowest BCUT2D eigenvalue weighted by Crippen LogP contribution is -2.43. The van der Waals surface area contributed by atoms with Crippen LogP contribution in [0, 0.1) is 35.1 Å². The SMILES string of the molecule is COc1ccc(C#N)cc1C=CC(=O)N(CCN1CCC(Cc2ccc(F)cc2)CC1)C(=O)C=Cc1cc(C#[N+]CCN2CCC(Cc3ccc(Cl)cc3)CC2)ccc1OC. The molecular formula is C50H54ClFN5O4+. The second kappa shape index (κ2) is 22.7. The van der Waals surface area contributed by atoms with Crippen molar-refractivity contribution in [3.63, 3.8) is 0 Å². The van der Waals surface area contributed by atoms with E-state index >= 15 is 0 Å². The predicted molar refractivity (Wildman–Crippen MR) is 240 cm³/mol. The topological polar surface area (TPSA) is 90.5 Å². The number of ether oxygens (including phenoxy) is 2. The van der Waals surface area contributed by atoms with E-state index in [0.717, 1.165) is 87.4 Å². The number of imide groups is 1. The number of hydrogen-bond acceptors (Lipinski definition) is 7. The molecule has 0 N–H and O–H groups in total. The van der Waals surface area contributed by atoms with Crippen molar-refractivity contribution in [2.24, 2.45) is 11.8 Å². The third-order valence-electron chi connectivity index (χ3n) is 11.6. The van der Waals surface area contributed by atoms with Crippen LogP contribution >= 0.6 is 11.6 Å². The van der Waals surface area contributed by atoms with Crippen molar-refractivity contribution in [1.29, 1.82) is 5.26 Å². The van der Waals surface area contributed by atoms with Gasteiger partial charge in [-0.1, -0.05) is 40.7 Å². The molecule has 2 amide bonds. The van der Waals surface area contributed by atoms with Crippen LogP contribution in [0.5, 0.6) is 11.5 Å². The van der Waals surface area contributed by atoms with Crippen LogP contribution in [0.1, 0.15) is 59.1 Å². The monoisotopic (exact) mass is 842 g/mol. The van der Waals surface area contributed by atoms with E-state index in [9.17, 15) is 19.2 Å². The number of likely N-dealkylation sites (tertiary alicyclic amines) is 2. The molecule has 4 aromatic carbocycles. The fourth-order valence-corrected chi connectivity index (χ4v) is 8.14. The summed E-state index contributed by atoms with van der Waals surface area (Å²) in [5.74, 6) is 1.03. The number of carbonyl (C=O) groups excluding carboxylic acids is 2. The average Bonchev–Trinajstić information content (AvgIpc) is 3.29. The van der Waals surface area contributed by atoms with Gasteiger partial charge in [0.2, 0.25) is 0 Å². The summed E-state index contributed by atoms with van der Waals surface area (Å²) in [5.41, 5.74) is 4.84. The number of halogens is 2. The Morgan fingerprint density at radius 2 is 1.25 bits per heavy atom. The molecule has 2 fully saturated rings. The molecule has 0 unspecified atom stereocenters. The van der Waals surface area contributed by atoms with E-state index in [4.69, 9.17) is 21.1 Å². The molecule has 6 rings (SSSR count). The van der Waals surface area contributed by atoms with Crippen LogP contribution in [0.3, 0.4) is 0 Å². The number of benzene rings is 4. The van der Waals surface area contributed by atoms with Crippen molar-refractivity contribution >= 4 is 35.6 Å². The van der Waals surface area contributed by atoms with Gasteiger partial charge in [-0.25, -0.2) is 4.39 Å². The maximum atomic E-state index is 13.9. The molecule has 2 heterocycles. The molecule has 0 bridgehead atoms. The van der Waals surface area contributed by atoms with E-state index in [2.05, 4.69) is 38.9 Å². The summed E-state index contributed by atoms with van der Waals surface area (Å²) in [6.45, 7) is 5.95. The van der Waals surface area contributed by atoms with Crippen molar-refractivity contribution in [3.8, 4) is 23.6 Å². The second-order valence-electron chi connectivity index (χ2n) is 15.7. The Kier molecular flexibility index (Phi) is 16.7. The molecule has 2 aliphatic heterocycles. The number of nitrogens with zero attached hydrogens (tertiary/aromatic N) is 5. The van der Waals surface area contributed by atoms with Crippen LogP contribution in [0.25, 0.3) is 17.0 Å². The number of hydrogen-bond donors (Lipinski definition) is 0. The molecule has 0 aliphatic carbocycles. The highest BCUT2D eigenvalue weighted by Gasteiger charge is 2.24. The van der Waals surface area contributed by atoms with Crippen molar-refractivity contribution in [2.75, 3.05) is 66.6 Å². The Morgan fingerprint density at radius 1 is 0.754 bits per heavy atom. The predicted octanol–water partition coefficient (Wildman–Crippen LogP) is 9.04. The number of methoxy groups -OCH3 is 2. The number of nitriles is 1. The quantitative estimate of drug-likeness (QED) is 0.110. The maximum absolute atomic E-state index is 13.9. The summed E-state index contributed by atoms with van der Waals surface area (Å²) in [5, 5.41) is 10.2. The standard InChI is InChI=1S/C50H54ClFN5O4/c1-60-47-15-7-41(35-53)33-43(47)9-17-49(58)57(30-29-56-26-21-40(22-27-56)32-38-5-13-46(52)14-6-38)50(59)18-10-44-34-42(8-16-48(44)61-2)36-54-23-28-55-24-19-39(20-25-55)31-37-3-11-45(51)12-4-37/h3-18,33-34,39-40H,19-32H2,1-2H3/q+1. The highest BCUT2D eigenvalue weighted by Crippen LogP contribution is 2.26. The van der Waals surface area contributed by atoms with Crippen LogP contribution in [0.4, 0.5) is 4.39 Å². The summed E-state index contributed by atoms with van der Waals surface area (Å²) in [6, 6.07) is 30.7. The molecule has 0 aromatic heterocycles. The summed E-state index contributed by atoms with van der Waals surface area (Å²) in [7, 11) is 3.09. The first-order valence-electron chi connectivity index (χ1n) is 21.0. The van der Waals surface area contributed by atoms with Gasteiger partial charge in [0, 0.05) is 41.4 Å². The first-order chi connectivity index (χ1) is 29.7. The summed E-state index contributed by atoms with van der Waals surface area (Å²) in [4.78, 5) is 38.3. The van der Waals surface area contributed by atoms with Crippen molar-refractivity contribution in [2.45, 2.75) is 38.5 Å². The Hall–Kier alpha value is -5.78. The molecule has 2 saturated heterocycles. The highest BCUT2D eigenvalue weighted by molar-refractivity contribution is 6.30. The minimum atomic E-state index is -0.489. The van der Waals surface area contributed by atoms with Crippen LogP contribution in [0.15, 0.2) is 97.1 Å². The van der Waals surface area contributed by atoms with Crippen LogP contribution in [0.2, 0.25) is 5.02 Å². The van der Waals surface area contributed by atoms with Gasteiger partial charge in [-0.2, -0.15) is 5.26 Å². The largest absolute Gasteiger partial charge is 0.496 e. The Balaban J connectivity index is 1.08. The van der Waals surface area contributed by atoms with E-state index < -0.39 is 11.8 Å². The third kappa shape index (κ3) is 13.6. The Labute approximate surface area is 364 Å². The van der Waals surface area contributed by atoms with Gasteiger partial charge < -0.3 is 14.4 Å². The van der Waals surface area contributed by atoms with E-state index in [1.807, 2.05) is 42.5 Å². The molecule has 316 valence electrons. The van der Waals surface area contributed by atoms with Gasteiger partial charge >= 0.3 is 6.07 Å². The van der Waals surface area contributed by atoms with Gasteiger partial charge in [0.05, 0.1) is 32.4 Å². The second-order valence-corrected chi connectivity index (χ2v) is 16.2. The van der Waals surface area contributed by atoms with Gasteiger partial charge in [0.1, 0.15) is 22.9 Å². The van der Waals surface area contributed by atoms with Crippen molar-refractivity contribution in [3.05, 3.63) is 146 Å². The summed E-state index contributed by atoms with van der Waals surface area (Å²) < 4.78 is 24.5. The molecule has 0 saturated carbocycles. The number of piperidine rings is 2. The lowest BCUT2D eigenvalue weighted by Gasteiger charge is -2.33. The molecule has 4 aromatic rings. The normalized spacial score (nSPS) is 15.3. The van der Waals surface area contributed by atoms with Crippen molar-refractivity contribution in [1.82, 2.24) is 14.7 Å². The van der Waals surface area contributed by atoms with E-state index in [1.165, 1.54) is 41.9 Å². The molecule has 11 heteroatoms. The number of rotatable bonds is 15. The van der Waals surface area contributed by atoms with E-state index in [0.29, 0.717) is 53.1 Å². The van der Waals surface area contributed by atoms with Gasteiger partial charge in [-0.15, -0.1) is 0 Å². The Morgan fingerprint density at radius 3 is 1.77 bits per heavy atom. The van der Waals surface area contributed by atoms with Crippen LogP contribution in [-0.2, 0) is 22.4 Å². The van der Waals surface area contributed by atoms with Gasteiger partial charge in [-0.05, 0) is 160 Å². The zero-order chi connectivity index (χ0) is 43.0. The summed E-state index contributed by atoms with van der Waals surface area (Å²) in [6.07, 6.45) is 12.2. The van der Waals surface area contributed by atoms with E-state index in [-0.39, 0.29) is 12.4 Å². The molecule has 0 radical (unpaired) electrons. The molecule has 2 aliphatic rings.